The Morgan fingerprint density at radius 1 is 1.40 bits per heavy atom. The highest BCUT2D eigenvalue weighted by atomic mass is 79.9. The normalized spacial score (nSPS) is 10.4. The summed E-state index contributed by atoms with van der Waals surface area (Å²) in [5.41, 5.74) is 2.42. The average Bonchev–Trinajstić information content (AvgIpc) is 2.25. The monoisotopic (exact) mass is 289 g/mol. The van der Waals surface area contributed by atoms with Crippen molar-refractivity contribution in [1.29, 1.82) is 0 Å². The molecule has 0 bridgehead atoms. The molecule has 0 aliphatic carbocycles. The molecule has 1 nitrogen and oxygen atoms in total. The van der Waals surface area contributed by atoms with Crippen molar-refractivity contribution in [3.05, 3.63) is 28.2 Å². The maximum absolute atomic E-state index is 5.92. The van der Waals surface area contributed by atoms with E-state index in [1.165, 1.54) is 24.1 Å². The Balaban J connectivity index is 2.85. The van der Waals surface area contributed by atoms with E-state index in [9.17, 15) is 0 Å². The van der Waals surface area contributed by atoms with Gasteiger partial charge in [-0.05, 0) is 24.1 Å². The van der Waals surface area contributed by atoms with E-state index in [1.807, 2.05) is 6.07 Å². The van der Waals surface area contributed by atoms with Gasteiger partial charge in [-0.2, -0.15) is 0 Å². The van der Waals surface area contributed by atoms with Crippen molar-refractivity contribution < 1.29 is 0 Å². The van der Waals surface area contributed by atoms with Crippen LogP contribution in [-0.2, 0) is 5.88 Å². The van der Waals surface area contributed by atoms with E-state index in [0.29, 0.717) is 5.88 Å². The van der Waals surface area contributed by atoms with Gasteiger partial charge in [-0.3, -0.25) is 0 Å². The van der Waals surface area contributed by atoms with Gasteiger partial charge in [0.15, 0.2) is 0 Å². The molecule has 0 saturated carbocycles. The third kappa shape index (κ3) is 3.69. The number of nitrogens with zero attached hydrogens (tertiary/aromatic N) is 1. The van der Waals surface area contributed by atoms with Crippen LogP contribution in [0.5, 0.6) is 0 Å². The molecular formula is C12H17BrClN. The lowest BCUT2D eigenvalue weighted by Gasteiger charge is -2.22. The SMILES string of the molecule is CCCCN(C)c1cc(Br)ccc1CCl. The zero-order chi connectivity index (χ0) is 11.3. The first-order chi connectivity index (χ1) is 7.19. The van der Waals surface area contributed by atoms with Gasteiger partial charge in [0.2, 0.25) is 0 Å². The lowest BCUT2D eigenvalue weighted by atomic mass is 10.2. The molecule has 0 spiro atoms. The summed E-state index contributed by atoms with van der Waals surface area (Å²) in [4.78, 5) is 2.27. The molecule has 0 amide bonds. The molecule has 0 aliphatic heterocycles. The maximum atomic E-state index is 5.92. The fourth-order valence-corrected chi connectivity index (χ4v) is 2.10. The van der Waals surface area contributed by atoms with Crippen molar-refractivity contribution in [2.45, 2.75) is 25.6 Å². The minimum atomic E-state index is 0.569. The van der Waals surface area contributed by atoms with Crippen molar-refractivity contribution in [1.82, 2.24) is 0 Å². The molecule has 0 aromatic heterocycles. The van der Waals surface area contributed by atoms with Crippen LogP contribution < -0.4 is 4.90 Å². The molecule has 0 saturated heterocycles. The van der Waals surface area contributed by atoms with E-state index in [4.69, 9.17) is 11.6 Å². The van der Waals surface area contributed by atoms with E-state index < -0.39 is 0 Å². The van der Waals surface area contributed by atoms with Crippen molar-refractivity contribution in [2.75, 3.05) is 18.5 Å². The van der Waals surface area contributed by atoms with E-state index in [1.54, 1.807) is 0 Å². The summed E-state index contributed by atoms with van der Waals surface area (Å²) in [6.45, 7) is 3.29. The molecule has 0 N–H and O–H groups in total. The van der Waals surface area contributed by atoms with Gasteiger partial charge in [-0.15, -0.1) is 11.6 Å². The standard InChI is InChI=1S/C12H17BrClN/c1-3-4-7-15(2)12-8-11(13)6-5-10(12)9-14/h5-6,8H,3-4,7,9H2,1-2H3. The van der Waals surface area contributed by atoms with Gasteiger partial charge in [0.1, 0.15) is 0 Å². The Labute approximate surface area is 106 Å². The number of unbranched alkanes of at least 4 members (excludes halogenated alkanes) is 1. The highest BCUT2D eigenvalue weighted by Crippen LogP contribution is 2.25. The molecule has 15 heavy (non-hydrogen) atoms. The second kappa shape index (κ2) is 6.39. The van der Waals surface area contributed by atoms with Crippen LogP contribution in [0.25, 0.3) is 0 Å². The number of hydrogen-bond donors (Lipinski definition) is 0. The van der Waals surface area contributed by atoms with E-state index >= 15 is 0 Å². The van der Waals surface area contributed by atoms with Crippen LogP contribution in [-0.4, -0.2) is 13.6 Å². The molecule has 0 fully saturated rings. The molecule has 0 unspecified atom stereocenters. The van der Waals surface area contributed by atoms with Crippen LogP contribution in [0, 0.1) is 0 Å². The minimum Gasteiger partial charge on any atom is -0.374 e. The smallest absolute Gasteiger partial charge is 0.0494 e. The van der Waals surface area contributed by atoms with Crippen molar-refractivity contribution >= 4 is 33.2 Å². The topological polar surface area (TPSA) is 3.24 Å². The van der Waals surface area contributed by atoms with Crippen LogP contribution >= 0.6 is 27.5 Å². The highest BCUT2D eigenvalue weighted by Gasteiger charge is 2.06. The molecule has 84 valence electrons. The third-order valence-corrected chi connectivity index (χ3v) is 3.23. The zero-order valence-corrected chi connectivity index (χ0v) is 11.6. The average molecular weight is 291 g/mol. The number of rotatable bonds is 5. The number of benzene rings is 1. The zero-order valence-electron chi connectivity index (χ0n) is 9.26. The van der Waals surface area contributed by atoms with Crippen LogP contribution in [0.3, 0.4) is 0 Å². The van der Waals surface area contributed by atoms with Crippen molar-refractivity contribution in [3.8, 4) is 0 Å². The van der Waals surface area contributed by atoms with Gasteiger partial charge >= 0.3 is 0 Å². The largest absolute Gasteiger partial charge is 0.374 e. The van der Waals surface area contributed by atoms with Crippen LogP contribution in [0.1, 0.15) is 25.3 Å². The number of alkyl halides is 1. The fraction of sp³-hybridized carbons (Fsp3) is 0.500. The number of anilines is 1. The number of halogens is 2. The molecule has 0 aliphatic rings. The van der Waals surface area contributed by atoms with Crippen molar-refractivity contribution in [2.24, 2.45) is 0 Å². The van der Waals surface area contributed by atoms with Gasteiger partial charge in [0, 0.05) is 29.6 Å². The lowest BCUT2D eigenvalue weighted by molar-refractivity contribution is 0.765. The fourth-order valence-electron chi connectivity index (χ4n) is 1.52. The predicted octanol–water partition coefficient (Wildman–Crippen LogP) is 4.42. The number of hydrogen-bond acceptors (Lipinski definition) is 1. The molecule has 0 heterocycles. The van der Waals surface area contributed by atoms with Gasteiger partial charge < -0.3 is 4.90 Å². The second-order valence-electron chi connectivity index (χ2n) is 3.68. The quantitative estimate of drug-likeness (QED) is 0.725. The van der Waals surface area contributed by atoms with E-state index in [0.717, 1.165) is 11.0 Å². The minimum absolute atomic E-state index is 0.569. The molecule has 0 atom stereocenters. The molecule has 3 heteroatoms. The van der Waals surface area contributed by atoms with Gasteiger partial charge in [0.25, 0.3) is 0 Å². The Morgan fingerprint density at radius 2 is 2.13 bits per heavy atom. The summed E-state index contributed by atoms with van der Waals surface area (Å²) in [7, 11) is 2.12. The Kier molecular flexibility index (Phi) is 5.48. The molecule has 1 aromatic rings. The maximum Gasteiger partial charge on any atom is 0.0494 e. The second-order valence-corrected chi connectivity index (χ2v) is 4.86. The predicted molar refractivity (Wildman–Crippen MR) is 71.9 cm³/mol. The van der Waals surface area contributed by atoms with Gasteiger partial charge in [-0.1, -0.05) is 35.3 Å². The summed E-state index contributed by atoms with van der Waals surface area (Å²) in [5.74, 6) is 0.569. The van der Waals surface area contributed by atoms with Crippen LogP contribution in [0.4, 0.5) is 5.69 Å². The Hall–Kier alpha value is -0.210. The van der Waals surface area contributed by atoms with Gasteiger partial charge in [-0.25, -0.2) is 0 Å². The Morgan fingerprint density at radius 3 is 2.73 bits per heavy atom. The summed E-state index contributed by atoms with van der Waals surface area (Å²) in [6, 6.07) is 6.25. The summed E-state index contributed by atoms with van der Waals surface area (Å²) < 4.78 is 1.11. The summed E-state index contributed by atoms with van der Waals surface area (Å²) in [5, 5.41) is 0. The van der Waals surface area contributed by atoms with Crippen LogP contribution in [0.15, 0.2) is 22.7 Å². The lowest BCUT2D eigenvalue weighted by Crippen LogP contribution is -2.19. The molecule has 1 rings (SSSR count). The molecule has 1 aromatic carbocycles. The third-order valence-electron chi connectivity index (χ3n) is 2.45. The first kappa shape index (κ1) is 12.9. The molecular weight excluding hydrogens is 273 g/mol. The first-order valence-corrected chi connectivity index (χ1v) is 6.57. The Bertz CT molecular complexity index is 314. The highest BCUT2D eigenvalue weighted by molar-refractivity contribution is 9.10. The first-order valence-electron chi connectivity index (χ1n) is 5.24. The summed E-state index contributed by atoms with van der Waals surface area (Å²) in [6.07, 6.45) is 2.43. The van der Waals surface area contributed by atoms with E-state index in [-0.39, 0.29) is 0 Å². The summed E-state index contributed by atoms with van der Waals surface area (Å²) >= 11 is 9.41. The van der Waals surface area contributed by atoms with E-state index in [2.05, 4.69) is 46.9 Å². The van der Waals surface area contributed by atoms with Gasteiger partial charge in [0.05, 0.1) is 0 Å². The molecule has 0 radical (unpaired) electrons. The van der Waals surface area contributed by atoms with Crippen molar-refractivity contribution in [3.63, 3.8) is 0 Å². The van der Waals surface area contributed by atoms with Crippen LogP contribution in [0.2, 0.25) is 0 Å².